The van der Waals surface area contributed by atoms with Crippen LogP contribution in [0.15, 0.2) is 18.3 Å². The first kappa shape index (κ1) is 17.4. The number of carbonyl (C=O) groups is 1. The maximum Gasteiger partial charge on any atom is 0.251 e. The summed E-state index contributed by atoms with van der Waals surface area (Å²) in [6.07, 6.45) is 4.80. The molecule has 2 N–H and O–H groups in total. The molecular weight excluding hydrogens is 266 g/mol. The first-order valence-electron chi connectivity index (χ1n) is 7.56. The lowest BCUT2D eigenvalue weighted by Crippen LogP contribution is -2.42. The molecule has 118 valence electrons. The van der Waals surface area contributed by atoms with E-state index < -0.39 is 5.60 Å². The molecule has 1 rings (SSSR count). The molecule has 21 heavy (non-hydrogen) atoms. The molecule has 0 bridgehead atoms. The minimum absolute atomic E-state index is 0.175. The molecule has 0 fully saturated rings. The van der Waals surface area contributed by atoms with Crippen LogP contribution < -0.4 is 10.2 Å². The van der Waals surface area contributed by atoms with E-state index in [1.807, 2.05) is 32.8 Å². The number of aromatic nitrogens is 1. The molecular formula is C16H27N3O2. The quantitative estimate of drug-likeness (QED) is 0.771. The predicted octanol–water partition coefficient (Wildman–Crippen LogP) is 2.21. The predicted molar refractivity (Wildman–Crippen MR) is 85.7 cm³/mol. The van der Waals surface area contributed by atoms with Crippen molar-refractivity contribution in [2.75, 3.05) is 25.5 Å². The Balaban J connectivity index is 2.70. The van der Waals surface area contributed by atoms with E-state index in [0.29, 0.717) is 18.4 Å². The molecule has 1 heterocycles. The van der Waals surface area contributed by atoms with Gasteiger partial charge < -0.3 is 15.3 Å². The summed E-state index contributed by atoms with van der Waals surface area (Å²) >= 11 is 0. The Hall–Kier alpha value is -1.62. The zero-order valence-corrected chi connectivity index (χ0v) is 13.5. The van der Waals surface area contributed by atoms with Gasteiger partial charge in [-0.3, -0.25) is 4.79 Å². The van der Waals surface area contributed by atoms with Crippen molar-refractivity contribution >= 4 is 11.7 Å². The highest BCUT2D eigenvalue weighted by Crippen LogP contribution is 2.19. The Morgan fingerprint density at radius 3 is 2.48 bits per heavy atom. The van der Waals surface area contributed by atoms with Crippen LogP contribution in [0.25, 0.3) is 0 Å². The Labute approximate surface area is 127 Å². The lowest BCUT2D eigenvalue weighted by molar-refractivity contribution is 0.0213. The molecule has 5 heteroatoms. The average molecular weight is 293 g/mol. The summed E-state index contributed by atoms with van der Waals surface area (Å²) in [5.41, 5.74) is -0.250. The van der Waals surface area contributed by atoms with E-state index in [4.69, 9.17) is 0 Å². The van der Waals surface area contributed by atoms with E-state index in [1.54, 1.807) is 18.3 Å². The molecule has 0 saturated carbocycles. The number of aliphatic hydroxyl groups is 1. The van der Waals surface area contributed by atoms with Gasteiger partial charge in [0.1, 0.15) is 5.82 Å². The number of hydrogen-bond donors (Lipinski definition) is 2. The molecule has 0 unspecified atom stereocenters. The number of anilines is 1. The smallest absolute Gasteiger partial charge is 0.251 e. The van der Waals surface area contributed by atoms with Crippen LogP contribution in [0.3, 0.4) is 0 Å². The number of carbonyl (C=O) groups excluding carboxylic acids is 1. The molecule has 1 aromatic rings. The zero-order chi connectivity index (χ0) is 15.9. The highest BCUT2D eigenvalue weighted by atomic mass is 16.3. The van der Waals surface area contributed by atoms with Gasteiger partial charge in [-0.2, -0.15) is 0 Å². The van der Waals surface area contributed by atoms with Crippen molar-refractivity contribution in [3.8, 4) is 0 Å². The number of pyridine rings is 1. The van der Waals surface area contributed by atoms with E-state index in [0.717, 1.165) is 18.7 Å². The van der Waals surface area contributed by atoms with Crippen LogP contribution in [0.4, 0.5) is 5.82 Å². The van der Waals surface area contributed by atoms with Crippen LogP contribution in [0, 0.1) is 0 Å². The second-order valence-electron chi connectivity index (χ2n) is 5.70. The molecule has 1 aromatic heterocycles. The Kier molecular flexibility index (Phi) is 6.62. The van der Waals surface area contributed by atoms with Crippen molar-refractivity contribution in [1.29, 1.82) is 0 Å². The standard InChI is InChI=1S/C16H27N3O2/c1-5-8-16(21,9-6-2)12-18-15(20)13-7-10-17-14(11-13)19(3)4/h7,10-11,21H,5-6,8-9,12H2,1-4H3,(H,18,20). The monoisotopic (exact) mass is 293 g/mol. The second kappa shape index (κ2) is 7.98. The van der Waals surface area contributed by atoms with Crippen molar-refractivity contribution in [2.45, 2.75) is 45.1 Å². The Bertz CT molecular complexity index is 455. The number of nitrogens with one attached hydrogen (secondary N) is 1. The van der Waals surface area contributed by atoms with Crippen LogP contribution >= 0.6 is 0 Å². The molecule has 0 radical (unpaired) electrons. The Morgan fingerprint density at radius 1 is 1.33 bits per heavy atom. The summed E-state index contributed by atoms with van der Waals surface area (Å²) < 4.78 is 0. The van der Waals surface area contributed by atoms with E-state index in [-0.39, 0.29) is 12.5 Å². The lowest BCUT2D eigenvalue weighted by Gasteiger charge is -2.27. The second-order valence-corrected chi connectivity index (χ2v) is 5.70. The van der Waals surface area contributed by atoms with Crippen molar-refractivity contribution < 1.29 is 9.90 Å². The number of amides is 1. The molecule has 0 atom stereocenters. The van der Waals surface area contributed by atoms with Gasteiger partial charge in [-0.15, -0.1) is 0 Å². The summed E-state index contributed by atoms with van der Waals surface area (Å²) in [6.45, 7) is 4.36. The van der Waals surface area contributed by atoms with E-state index >= 15 is 0 Å². The zero-order valence-electron chi connectivity index (χ0n) is 13.5. The van der Waals surface area contributed by atoms with Crippen molar-refractivity contribution in [2.24, 2.45) is 0 Å². The maximum absolute atomic E-state index is 12.2. The fourth-order valence-electron chi connectivity index (χ4n) is 2.38. The van der Waals surface area contributed by atoms with Gasteiger partial charge in [-0.25, -0.2) is 4.98 Å². The number of hydrogen-bond acceptors (Lipinski definition) is 4. The minimum atomic E-state index is -0.809. The molecule has 1 amide bonds. The third-order valence-corrected chi connectivity index (χ3v) is 3.47. The van der Waals surface area contributed by atoms with Gasteiger partial charge in [0.15, 0.2) is 0 Å². The van der Waals surface area contributed by atoms with Crippen molar-refractivity contribution in [1.82, 2.24) is 10.3 Å². The third kappa shape index (κ3) is 5.34. The number of nitrogens with zero attached hydrogens (tertiary/aromatic N) is 2. The molecule has 0 aliphatic heterocycles. The van der Waals surface area contributed by atoms with E-state index in [9.17, 15) is 9.90 Å². The molecule has 0 spiro atoms. The summed E-state index contributed by atoms with van der Waals surface area (Å²) in [6, 6.07) is 3.43. The minimum Gasteiger partial charge on any atom is -0.388 e. The first-order valence-corrected chi connectivity index (χ1v) is 7.56. The van der Waals surface area contributed by atoms with E-state index in [2.05, 4.69) is 10.3 Å². The first-order chi connectivity index (χ1) is 9.91. The summed E-state index contributed by atoms with van der Waals surface area (Å²) in [4.78, 5) is 18.2. The fourth-order valence-corrected chi connectivity index (χ4v) is 2.38. The van der Waals surface area contributed by atoms with Gasteiger partial charge in [0.2, 0.25) is 0 Å². The maximum atomic E-state index is 12.2. The molecule has 0 aromatic carbocycles. The summed E-state index contributed by atoms with van der Waals surface area (Å²) in [7, 11) is 3.76. The fraction of sp³-hybridized carbons (Fsp3) is 0.625. The molecule has 0 saturated heterocycles. The van der Waals surface area contributed by atoms with Crippen molar-refractivity contribution in [3.05, 3.63) is 23.9 Å². The molecule has 0 aliphatic carbocycles. The lowest BCUT2D eigenvalue weighted by atomic mass is 9.92. The van der Waals surface area contributed by atoms with Gasteiger partial charge in [0.05, 0.1) is 5.60 Å². The highest BCUT2D eigenvalue weighted by Gasteiger charge is 2.25. The van der Waals surface area contributed by atoms with Gasteiger partial charge in [0, 0.05) is 32.4 Å². The van der Waals surface area contributed by atoms with E-state index in [1.165, 1.54) is 0 Å². The third-order valence-electron chi connectivity index (χ3n) is 3.47. The normalized spacial score (nSPS) is 11.3. The van der Waals surface area contributed by atoms with Crippen LogP contribution in [-0.2, 0) is 0 Å². The van der Waals surface area contributed by atoms with Gasteiger partial charge in [0.25, 0.3) is 5.91 Å². The van der Waals surface area contributed by atoms with Crippen LogP contribution in [0.2, 0.25) is 0 Å². The van der Waals surface area contributed by atoms with Crippen molar-refractivity contribution in [3.63, 3.8) is 0 Å². The van der Waals surface area contributed by atoms with Gasteiger partial charge in [-0.05, 0) is 25.0 Å². The van der Waals surface area contributed by atoms with Crippen LogP contribution in [0.1, 0.15) is 49.9 Å². The van der Waals surface area contributed by atoms with Crippen LogP contribution in [0.5, 0.6) is 0 Å². The molecule has 5 nitrogen and oxygen atoms in total. The number of rotatable bonds is 8. The average Bonchev–Trinajstić information content (AvgIpc) is 2.45. The van der Waals surface area contributed by atoms with Gasteiger partial charge in [-0.1, -0.05) is 26.7 Å². The highest BCUT2D eigenvalue weighted by molar-refractivity contribution is 5.94. The molecule has 0 aliphatic rings. The largest absolute Gasteiger partial charge is 0.388 e. The summed E-state index contributed by atoms with van der Waals surface area (Å²) in [5.74, 6) is 0.561. The van der Waals surface area contributed by atoms with Crippen LogP contribution in [-0.4, -0.2) is 42.2 Å². The summed E-state index contributed by atoms with van der Waals surface area (Å²) in [5, 5.41) is 13.4. The topological polar surface area (TPSA) is 65.5 Å². The SMILES string of the molecule is CCCC(O)(CCC)CNC(=O)c1ccnc(N(C)C)c1. The Morgan fingerprint density at radius 2 is 1.95 bits per heavy atom. The van der Waals surface area contributed by atoms with Gasteiger partial charge >= 0.3 is 0 Å².